The highest BCUT2D eigenvalue weighted by molar-refractivity contribution is 5.34. The number of aromatic hydroxyl groups is 1. The minimum Gasteiger partial charge on any atom is -0.508 e. The number of hydrogen-bond acceptors (Lipinski definition) is 2. The van der Waals surface area contributed by atoms with Crippen LogP contribution in [0.25, 0.3) is 0 Å². The molecule has 0 aromatic heterocycles. The molecule has 1 aromatic carbocycles. The Morgan fingerprint density at radius 3 is 2.88 bits per heavy atom. The SMILES string of the molecule is CC(NCCC1=CCCC1)c1ccccc1O. The van der Waals surface area contributed by atoms with Gasteiger partial charge in [-0.1, -0.05) is 29.8 Å². The molecule has 0 aliphatic heterocycles. The van der Waals surface area contributed by atoms with Crippen LogP contribution in [-0.2, 0) is 0 Å². The van der Waals surface area contributed by atoms with Crippen LogP contribution >= 0.6 is 0 Å². The number of para-hydroxylation sites is 1. The molecule has 1 atom stereocenters. The van der Waals surface area contributed by atoms with Crippen molar-refractivity contribution < 1.29 is 5.11 Å². The van der Waals surface area contributed by atoms with Crippen molar-refractivity contribution >= 4 is 0 Å². The fourth-order valence-electron chi connectivity index (χ4n) is 2.38. The molecule has 0 fully saturated rings. The van der Waals surface area contributed by atoms with E-state index in [4.69, 9.17) is 0 Å². The second-order valence-corrected chi connectivity index (χ2v) is 4.74. The zero-order chi connectivity index (χ0) is 12.1. The Morgan fingerprint density at radius 2 is 2.18 bits per heavy atom. The van der Waals surface area contributed by atoms with Crippen molar-refractivity contribution in [2.24, 2.45) is 0 Å². The molecule has 0 spiro atoms. The average molecular weight is 231 g/mol. The Balaban J connectivity index is 1.81. The third-order valence-electron chi connectivity index (χ3n) is 3.43. The number of phenolic OH excluding ortho intramolecular Hbond substituents is 1. The highest BCUT2D eigenvalue weighted by Gasteiger charge is 2.09. The molecule has 1 unspecified atom stereocenters. The molecule has 0 bridgehead atoms. The van der Waals surface area contributed by atoms with E-state index in [0.717, 1.165) is 18.5 Å². The molecule has 0 saturated heterocycles. The van der Waals surface area contributed by atoms with Gasteiger partial charge in [-0.3, -0.25) is 0 Å². The van der Waals surface area contributed by atoms with Gasteiger partial charge in [-0.25, -0.2) is 0 Å². The first kappa shape index (κ1) is 12.2. The second kappa shape index (κ2) is 5.87. The quantitative estimate of drug-likeness (QED) is 0.760. The summed E-state index contributed by atoms with van der Waals surface area (Å²) in [6.45, 7) is 3.08. The Labute approximate surface area is 103 Å². The molecule has 0 amide bonds. The summed E-state index contributed by atoms with van der Waals surface area (Å²) in [5.74, 6) is 0.382. The first-order valence-electron chi connectivity index (χ1n) is 6.46. The summed E-state index contributed by atoms with van der Waals surface area (Å²) in [7, 11) is 0. The molecule has 2 nitrogen and oxygen atoms in total. The first-order valence-corrected chi connectivity index (χ1v) is 6.46. The van der Waals surface area contributed by atoms with E-state index >= 15 is 0 Å². The minimum absolute atomic E-state index is 0.207. The minimum atomic E-state index is 0.207. The number of nitrogens with one attached hydrogen (secondary N) is 1. The van der Waals surface area contributed by atoms with Gasteiger partial charge in [0.15, 0.2) is 0 Å². The molecule has 0 radical (unpaired) electrons. The number of hydrogen-bond donors (Lipinski definition) is 2. The van der Waals surface area contributed by atoms with Crippen molar-refractivity contribution in [1.29, 1.82) is 0 Å². The predicted molar refractivity (Wildman–Crippen MR) is 71.1 cm³/mol. The van der Waals surface area contributed by atoms with Gasteiger partial charge in [0.05, 0.1) is 0 Å². The maximum absolute atomic E-state index is 9.74. The third-order valence-corrected chi connectivity index (χ3v) is 3.43. The average Bonchev–Trinajstić information content (AvgIpc) is 2.82. The van der Waals surface area contributed by atoms with Gasteiger partial charge in [-0.05, 0) is 45.2 Å². The van der Waals surface area contributed by atoms with Crippen molar-refractivity contribution in [3.8, 4) is 5.75 Å². The fourth-order valence-corrected chi connectivity index (χ4v) is 2.38. The monoisotopic (exact) mass is 231 g/mol. The highest BCUT2D eigenvalue weighted by atomic mass is 16.3. The van der Waals surface area contributed by atoms with Gasteiger partial charge in [0.25, 0.3) is 0 Å². The topological polar surface area (TPSA) is 32.3 Å². The predicted octanol–water partition coefficient (Wildman–Crippen LogP) is 3.54. The normalized spacial score (nSPS) is 16.9. The van der Waals surface area contributed by atoms with E-state index in [-0.39, 0.29) is 6.04 Å². The van der Waals surface area contributed by atoms with Crippen LogP contribution in [0.1, 0.15) is 44.2 Å². The lowest BCUT2D eigenvalue weighted by Crippen LogP contribution is -2.20. The van der Waals surface area contributed by atoms with Crippen molar-refractivity contribution in [1.82, 2.24) is 5.32 Å². The number of phenols is 1. The Kier molecular flexibility index (Phi) is 4.21. The first-order chi connectivity index (χ1) is 8.27. The van der Waals surface area contributed by atoms with Crippen LogP contribution < -0.4 is 5.32 Å². The van der Waals surface area contributed by atoms with Gasteiger partial charge in [-0.15, -0.1) is 0 Å². The fraction of sp³-hybridized carbons (Fsp3) is 0.467. The van der Waals surface area contributed by atoms with Gasteiger partial charge in [0.2, 0.25) is 0 Å². The largest absolute Gasteiger partial charge is 0.508 e. The van der Waals surface area contributed by atoms with Crippen LogP contribution in [0.15, 0.2) is 35.9 Å². The molecular weight excluding hydrogens is 210 g/mol. The van der Waals surface area contributed by atoms with Gasteiger partial charge in [0, 0.05) is 11.6 Å². The van der Waals surface area contributed by atoms with E-state index in [9.17, 15) is 5.11 Å². The molecule has 2 N–H and O–H groups in total. The molecule has 1 aliphatic rings. The Bertz CT molecular complexity index is 398. The van der Waals surface area contributed by atoms with Crippen LogP contribution in [0.5, 0.6) is 5.75 Å². The molecule has 92 valence electrons. The van der Waals surface area contributed by atoms with Crippen LogP contribution in [0.4, 0.5) is 0 Å². The molecule has 0 saturated carbocycles. The van der Waals surface area contributed by atoms with Crippen molar-refractivity contribution in [3.63, 3.8) is 0 Å². The lowest BCUT2D eigenvalue weighted by molar-refractivity contribution is 0.453. The van der Waals surface area contributed by atoms with Gasteiger partial charge in [-0.2, -0.15) is 0 Å². The van der Waals surface area contributed by atoms with E-state index in [1.807, 2.05) is 18.2 Å². The van der Waals surface area contributed by atoms with E-state index in [2.05, 4.69) is 18.3 Å². The van der Waals surface area contributed by atoms with E-state index in [1.54, 1.807) is 11.6 Å². The Hall–Kier alpha value is -1.28. The van der Waals surface area contributed by atoms with Crippen LogP contribution in [0.3, 0.4) is 0 Å². The summed E-state index contributed by atoms with van der Waals surface area (Å²) in [6, 6.07) is 7.74. The zero-order valence-corrected chi connectivity index (χ0v) is 10.4. The van der Waals surface area contributed by atoms with Crippen LogP contribution in [-0.4, -0.2) is 11.7 Å². The lowest BCUT2D eigenvalue weighted by Gasteiger charge is -2.15. The van der Waals surface area contributed by atoms with Gasteiger partial charge in [0.1, 0.15) is 5.75 Å². The van der Waals surface area contributed by atoms with Gasteiger partial charge < -0.3 is 10.4 Å². The maximum Gasteiger partial charge on any atom is 0.120 e. The van der Waals surface area contributed by atoms with Crippen LogP contribution in [0, 0.1) is 0 Å². The third kappa shape index (κ3) is 3.34. The molecule has 1 aliphatic carbocycles. The molecule has 17 heavy (non-hydrogen) atoms. The summed E-state index contributed by atoms with van der Waals surface area (Å²) in [5, 5.41) is 13.2. The smallest absolute Gasteiger partial charge is 0.120 e. The van der Waals surface area contributed by atoms with E-state index in [1.165, 1.54) is 19.3 Å². The van der Waals surface area contributed by atoms with Crippen molar-refractivity contribution in [3.05, 3.63) is 41.5 Å². The highest BCUT2D eigenvalue weighted by Crippen LogP contribution is 2.24. The molecule has 2 rings (SSSR count). The standard InChI is InChI=1S/C15H21NO/c1-12(14-8-4-5-9-15(14)17)16-11-10-13-6-2-3-7-13/h4-6,8-9,12,16-17H,2-3,7,10-11H2,1H3. The Morgan fingerprint density at radius 1 is 1.35 bits per heavy atom. The number of allylic oxidation sites excluding steroid dienone is 1. The van der Waals surface area contributed by atoms with Crippen molar-refractivity contribution in [2.45, 2.75) is 38.6 Å². The molecule has 2 heteroatoms. The summed E-state index contributed by atoms with van der Waals surface area (Å²) >= 11 is 0. The lowest BCUT2D eigenvalue weighted by atomic mass is 10.1. The van der Waals surface area contributed by atoms with Gasteiger partial charge >= 0.3 is 0 Å². The second-order valence-electron chi connectivity index (χ2n) is 4.74. The number of benzene rings is 1. The van der Waals surface area contributed by atoms with E-state index < -0.39 is 0 Å². The molecular formula is C15H21NO. The van der Waals surface area contributed by atoms with E-state index in [0.29, 0.717) is 5.75 Å². The van der Waals surface area contributed by atoms with Crippen molar-refractivity contribution in [2.75, 3.05) is 6.54 Å². The molecule has 1 aromatic rings. The maximum atomic E-state index is 9.74. The van der Waals surface area contributed by atoms with Crippen LogP contribution in [0.2, 0.25) is 0 Å². The zero-order valence-electron chi connectivity index (χ0n) is 10.4. The summed E-state index contributed by atoms with van der Waals surface area (Å²) in [5.41, 5.74) is 2.56. The number of rotatable bonds is 5. The summed E-state index contributed by atoms with van der Waals surface area (Å²) < 4.78 is 0. The summed E-state index contributed by atoms with van der Waals surface area (Å²) in [6.07, 6.45) is 7.35. The molecule has 0 heterocycles. The summed E-state index contributed by atoms with van der Waals surface area (Å²) in [4.78, 5) is 0.